The molecule has 0 radical (unpaired) electrons. The zero-order valence-corrected chi connectivity index (χ0v) is 12.3. The van der Waals surface area contributed by atoms with Crippen molar-refractivity contribution >= 4 is 12.0 Å². The summed E-state index contributed by atoms with van der Waals surface area (Å²) in [6.07, 6.45) is 5.14. The minimum Gasteiger partial charge on any atom is -0.478 e. The van der Waals surface area contributed by atoms with Crippen molar-refractivity contribution in [3.63, 3.8) is 0 Å². The molecule has 0 fully saturated rings. The molecule has 1 aromatic carbocycles. The number of unbranched alkanes of at least 4 members (excludes halogenated alkanes) is 2. The fraction of sp³-hybridized carbons (Fsp3) is 0.438. The van der Waals surface area contributed by atoms with Crippen molar-refractivity contribution in [2.24, 2.45) is 0 Å². The molecule has 0 saturated heterocycles. The molecule has 0 aliphatic heterocycles. The summed E-state index contributed by atoms with van der Waals surface area (Å²) in [5.74, 6) is -1.42. The molecular weight excluding hydrogens is 273 g/mol. The number of hydrogen-bond acceptors (Lipinski definition) is 3. The minimum atomic E-state index is -1.05. The van der Waals surface area contributed by atoms with Gasteiger partial charge in [0.25, 0.3) is 0 Å². The van der Waals surface area contributed by atoms with Crippen molar-refractivity contribution in [1.82, 2.24) is 4.90 Å². The number of benzene rings is 1. The number of aliphatic hydroxyl groups is 1. The first-order chi connectivity index (χ1) is 10.0. The van der Waals surface area contributed by atoms with E-state index in [4.69, 9.17) is 10.2 Å². The molecule has 0 amide bonds. The van der Waals surface area contributed by atoms with Crippen molar-refractivity contribution in [1.29, 1.82) is 0 Å². The predicted molar refractivity (Wildman–Crippen MR) is 80.3 cm³/mol. The molecule has 0 aliphatic rings. The van der Waals surface area contributed by atoms with Crippen LogP contribution in [0.5, 0.6) is 0 Å². The van der Waals surface area contributed by atoms with Crippen molar-refractivity contribution in [2.75, 3.05) is 20.2 Å². The Balaban J connectivity index is 2.59. The van der Waals surface area contributed by atoms with Gasteiger partial charge < -0.3 is 15.1 Å². The fourth-order valence-corrected chi connectivity index (χ4v) is 2.09. The second kappa shape index (κ2) is 9.26. The third-order valence-electron chi connectivity index (χ3n) is 3.05. The third-order valence-corrected chi connectivity index (χ3v) is 3.05. The summed E-state index contributed by atoms with van der Waals surface area (Å²) in [6, 6.07) is 4.55. The van der Waals surface area contributed by atoms with Crippen molar-refractivity contribution < 1.29 is 19.4 Å². The van der Waals surface area contributed by atoms with E-state index in [0.29, 0.717) is 12.1 Å². The first-order valence-corrected chi connectivity index (χ1v) is 7.01. The summed E-state index contributed by atoms with van der Waals surface area (Å²) in [4.78, 5) is 12.6. The van der Waals surface area contributed by atoms with E-state index in [1.54, 1.807) is 6.07 Å². The number of carboxylic acids is 1. The second-order valence-electron chi connectivity index (χ2n) is 5.09. The molecule has 0 atom stereocenters. The first-order valence-electron chi connectivity index (χ1n) is 7.01. The summed E-state index contributed by atoms with van der Waals surface area (Å²) in [5.41, 5.74) is 1.35. The Labute approximate surface area is 124 Å². The van der Waals surface area contributed by atoms with Gasteiger partial charge in [-0.1, -0.05) is 6.07 Å². The molecule has 0 saturated carbocycles. The van der Waals surface area contributed by atoms with Crippen LogP contribution in [0.4, 0.5) is 4.39 Å². The fourth-order valence-electron chi connectivity index (χ4n) is 2.09. The lowest BCUT2D eigenvalue weighted by molar-refractivity contribution is -0.131. The molecule has 1 aromatic rings. The second-order valence-corrected chi connectivity index (χ2v) is 5.09. The van der Waals surface area contributed by atoms with Crippen LogP contribution in [0, 0.1) is 5.82 Å². The lowest BCUT2D eigenvalue weighted by Gasteiger charge is -2.17. The number of rotatable bonds is 9. The van der Waals surface area contributed by atoms with E-state index in [1.165, 1.54) is 18.2 Å². The van der Waals surface area contributed by atoms with Crippen LogP contribution in [0.3, 0.4) is 0 Å². The van der Waals surface area contributed by atoms with Gasteiger partial charge in [0.2, 0.25) is 0 Å². The van der Waals surface area contributed by atoms with Crippen molar-refractivity contribution in [3.05, 3.63) is 41.2 Å². The highest BCUT2D eigenvalue weighted by molar-refractivity contribution is 5.85. The van der Waals surface area contributed by atoms with Gasteiger partial charge in [-0.25, -0.2) is 9.18 Å². The molecule has 0 heterocycles. The predicted octanol–water partition coefficient (Wildman–Crippen LogP) is 2.52. The molecule has 0 aromatic heterocycles. The summed E-state index contributed by atoms with van der Waals surface area (Å²) >= 11 is 0. The van der Waals surface area contributed by atoms with Crippen LogP contribution in [0.15, 0.2) is 24.3 Å². The maximum absolute atomic E-state index is 13.5. The monoisotopic (exact) mass is 295 g/mol. The van der Waals surface area contributed by atoms with Gasteiger partial charge in [0.05, 0.1) is 0 Å². The van der Waals surface area contributed by atoms with Crippen LogP contribution in [0.1, 0.15) is 30.4 Å². The largest absolute Gasteiger partial charge is 0.478 e. The molecule has 4 nitrogen and oxygen atoms in total. The van der Waals surface area contributed by atoms with E-state index in [-0.39, 0.29) is 12.4 Å². The molecule has 1 rings (SSSR count). The SMILES string of the molecule is CN(CCCCCO)Cc1cc(F)cc(/C=C/C(=O)O)c1. The average Bonchev–Trinajstić information content (AvgIpc) is 2.41. The first kappa shape index (κ1) is 17.3. The van der Waals surface area contributed by atoms with E-state index < -0.39 is 5.97 Å². The Kier molecular flexibility index (Phi) is 7.64. The number of nitrogens with zero attached hydrogens (tertiary/aromatic N) is 1. The van der Waals surface area contributed by atoms with Gasteiger partial charge in [0.1, 0.15) is 5.82 Å². The lowest BCUT2D eigenvalue weighted by atomic mass is 10.1. The smallest absolute Gasteiger partial charge is 0.328 e. The van der Waals surface area contributed by atoms with Crippen LogP contribution >= 0.6 is 0 Å². The highest BCUT2D eigenvalue weighted by atomic mass is 19.1. The number of aliphatic carboxylic acids is 1. The van der Waals surface area contributed by atoms with Crippen LogP contribution in [0.25, 0.3) is 6.08 Å². The number of hydrogen-bond donors (Lipinski definition) is 2. The van der Waals surface area contributed by atoms with Crippen LogP contribution < -0.4 is 0 Å². The Morgan fingerprint density at radius 3 is 2.71 bits per heavy atom. The molecule has 5 heteroatoms. The van der Waals surface area contributed by atoms with Gasteiger partial charge in [-0.05, 0) is 62.2 Å². The Hall–Kier alpha value is -1.72. The summed E-state index contributed by atoms with van der Waals surface area (Å²) in [7, 11) is 1.95. The van der Waals surface area contributed by atoms with Gasteiger partial charge >= 0.3 is 5.97 Å². The zero-order chi connectivity index (χ0) is 15.7. The maximum Gasteiger partial charge on any atom is 0.328 e. The van der Waals surface area contributed by atoms with Gasteiger partial charge in [0, 0.05) is 19.2 Å². The van der Waals surface area contributed by atoms with Gasteiger partial charge in [-0.15, -0.1) is 0 Å². The average molecular weight is 295 g/mol. The summed E-state index contributed by atoms with van der Waals surface area (Å²) < 4.78 is 13.5. The normalized spacial score (nSPS) is 11.4. The maximum atomic E-state index is 13.5. The van der Waals surface area contributed by atoms with E-state index in [2.05, 4.69) is 4.90 Å². The van der Waals surface area contributed by atoms with E-state index in [9.17, 15) is 9.18 Å². The Morgan fingerprint density at radius 2 is 2.05 bits per heavy atom. The number of carbonyl (C=O) groups is 1. The van der Waals surface area contributed by atoms with E-state index in [1.807, 2.05) is 7.05 Å². The van der Waals surface area contributed by atoms with Gasteiger partial charge in [0.15, 0.2) is 0 Å². The Bertz CT molecular complexity index is 488. The van der Waals surface area contributed by atoms with Crippen LogP contribution in [-0.4, -0.2) is 41.3 Å². The van der Waals surface area contributed by atoms with E-state index in [0.717, 1.165) is 37.4 Å². The van der Waals surface area contributed by atoms with Crippen LogP contribution in [0.2, 0.25) is 0 Å². The number of aliphatic hydroxyl groups excluding tert-OH is 1. The molecular formula is C16H22FNO3. The van der Waals surface area contributed by atoms with Gasteiger partial charge in [-0.3, -0.25) is 0 Å². The van der Waals surface area contributed by atoms with Crippen molar-refractivity contribution in [2.45, 2.75) is 25.8 Å². The quantitative estimate of drug-likeness (QED) is 0.543. The molecule has 0 aliphatic carbocycles. The molecule has 116 valence electrons. The summed E-state index contributed by atoms with van der Waals surface area (Å²) in [5, 5.41) is 17.3. The van der Waals surface area contributed by atoms with Crippen LogP contribution in [-0.2, 0) is 11.3 Å². The molecule has 21 heavy (non-hydrogen) atoms. The Morgan fingerprint density at radius 1 is 1.29 bits per heavy atom. The topological polar surface area (TPSA) is 60.8 Å². The van der Waals surface area contributed by atoms with E-state index >= 15 is 0 Å². The number of halogens is 1. The molecule has 0 unspecified atom stereocenters. The molecule has 0 spiro atoms. The number of carboxylic acid groups (broad SMARTS) is 1. The molecule has 2 N–H and O–H groups in total. The highest BCUT2D eigenvalue weighted by Crippen LogP contribution is 2.13. The molecule has 0 bridgehead atoms. The lowest BCUT2D eigenvalue weighted by Crippen LogP contribution is -2.19. The minimum absolute atomic E-state index is 0.215. The highest BCUT2D eigenvalue weighted by Gasteiger charge is 2.04. The van der Waals surface area contributed by atoms with Gasteiger partial charge in [-0.2, -0.15) is 0 Å². The van der Waals surface area contributed by atoms with Crippen molar-refractivity contribution in [3.8, 4) is 0 Å². The third kappa shape index (κ3) is 7.58. The zero-order valence-electron chi connectivity index (χ0n) is 12.3. The standard InChI is InChI=1S/C16H22FNO3/c1-18(7-3-2-4-8-19)12-14-9-13(5-6-16(20)21)10-15(17)11-14/h5-6,9-11,19H,2-4,7-8,12H2,1H3,(H,20,21)/b6-5+. The summed E-state index contributed by atoms with van der Waals surface area (Å²) in [6.45, 7) is 1.69.